The van der Waals surface area contributed by atoms with Crippen molar-refractivity contribution in [1.82, 2.24) is 4.98 Å². The summed E-state index contributed by atoms with van der Waals surface area (Å²) in [6, 6.07) is 7.84. The highest BCUT2D eigenvalue weighted by Crippen LogP contribution is 2.36. The number of nitrogen functional groups attached to an aromatic ring is 1. The van der Waals surface area contributed by atoms with E-state index < -0.39 is 0 Å². The molecule has 2 heterocycles. The minimum Gasteiger partial charge on any atom is -0.397 e. The van der Waals surface area contributed by atoms with Crippen LogP contribution in [0.3, 0.4) is 0 Å². The predicted octanol–water partition coefficient (Wildman–Crippen LogP) is 4.69. The topological polar surface area (TPSA) is 68.0 Å². The number of amides is 1. The molecule has 1 aliphatic carbocycles. The standard InChI is InChI=1S/C18H16BrN3OS/c1-9-12(19)5-3-6-13(9)21-17(23)16-15(20)11-8-10-4-2-7-14(10)22-18(11)24-16/h3,5-6,8H,2,4,7,20H2,1H3,(H,21,23). The van der Waals surface area contributed by atoms with Crippen LogP contribution < -0.4 is 11.1 Å². The Bertz CT molecular complexity index is 980. The van der Waals surface area contributed by atoms with E-state index in [0.717, 1.165) is 50.9 Å². The Morgan fingerprint density at radius 3 is 3.04 bits per heavy atom. The Labute approximate surface area is 152 Å². The Morgan fingerprint density at radius 2 is 2.21 bits per heavy atom. The molecule has 0 aliphatic heterocycles. The van der Waals surface area contributed by atoms with Crippen molar-refractivity contribution in [3.8, 4) is 0 Å². The normalized spacial score (nSPS) is 13.2. The Hall–Kier alpha value is -1.92. The van der Waals surface area contributed by atoms with E-state index in [1.165, 1.54) is 16.9 Å². The van der Waals surface area contributed by atoms with Gasteiger partial charge >= 0.3 is 0 Å². The van der Waals surface area contributed by atoms with Gasteiger partial charge in [0.1, 0.15) is 9.71 Å². The lowest BCUT2D eigenvalue weighted by atomic mass is 10.1. The second kappa shape index (κ2) is 5.86. The Balaban J connectivity index is 1.72. The molecule has 0 saturated heterocycles. The number of benzene rings is 1. The minimum absolute atomic E-state index is 0.183. The highest BCUT2D eigenvalue weighted by atomic mass is 79.9. The number of carbonyl (C=O) groups excluding carboxylic acids is 1. The Morgan fingerprint density at radius 1 is 1.38 bits per heavy atom. The zero-order valence-electron chi connectivity index (χ0n) is 13.1. The molecule has 6 heteroatoms. The van der Waals surface area contributed by atoms with Crippen LogP contribution in [0.4, 0.5) is 11.4 Å². The second-order valence-electron chi connectivity index (χ2n) is 6.01. The van der Waals surface area contributed by atoms with Crippen molar-refractivity contribution in [3.63, 3.8) is 0 Å². The highest BCUT2D eigenvalue weighted by Gasteiger charge is 2.21. The van der Waals surface area contributed by atoms with E-state index in [4.69, 9.17) is 10.7 Å². The van der Waals surface area contributed by atoms with Gasteiger partial charge in [0, 0.05) is 21.2 Å². The number of aryl methyl sites for hydroxylation is 2. The first kappa shape index (κ1) is 15.6. The van der Waals surface area contributed by atoms with Gasteiger partial charge in [-0.15, -0.1) is 11.3 Å². The van der Waals surface area contributed by atoms with Gasteiger partial charge in [0.15, 0.2) is 0 Å². The van der Waals surface area contributed by atoms with Gasteiger partial charge < -0.3 is 11.1 Å². The molecule has 0 bridgehead atoms. The summed E-state index contributed by atoms with van der Waals surface area (Å²) in [5, 5.41) is 3.86. The Kier molecular flexibility index (Phi) is 3.81. The molecule has 24 heavy (non-hydrogen) atoms. The first-order chi connectivity index (χ1) is 11.5. The summed E-state index contributed by atoms with van der Waals surface area (Å²) in [6.45, 7) is 1.96. The van der Waals surface area contributed by atoms with E-state index in [9.17, 15) is 4.79 Å². The van der Waals surface area contributed by atoms with Crippen molar-refractivity contribution in [1.29, 1.82) is 0 Å². The van der Waals surface area contributed by atoms with Crippen molar-refractivity contribution in [2.45, 2.75) is 26.2 Å². The lowest BCUT2D eigenvalue weighted by Crippen LogP contribution is -2.12. The number of pyridine rings is 1. The van der Waals surface area contributed by atoms with Crippen molar-refractivity contribution in [2.75, 3.05) is 11.1 Å². The molecule has 1 aliphatic rings. The average Bonchev–Trinajstić information content (AvgIpc) is 3.14. The third-order valence-electron chi connectivity index (χ3n) is 4.47. The summed E-state index contributed by atoms with van der Waals surface area (Å²) >= 11 is 4.85. The van der Waals surface area contributed by atoms with Gasteiger partial charge in [0.25, 0.3) is 5.91 Å². The molecular weight excluding hydrogens is 386 g/mol. The molecule has 4 nitrogen and oxygen atoms in total. The van der Waals surface area contributed by atoms with Crippen molar-refractivity contribution in [3.05, 3.63) is 50.4 Å². The summed E-state index contributed by atoms with van der Waals surface area (Å²) in [5.74, 6) is -0.183. The van der Waals surface area contributed by atoms with Crippen LogP contribution in [-0.4, -0.2) is 10.9 Å². The van der Waals surface area contributed by atoms with Gasteiger partial charge in [-0.25, -0.2) is 4.98 Å². The largest absolute Gasteiger partial charge is 0.397 e. The van der Waals surface area contributed by atoms with Gasteiger partial charge in [0.2, 0.25) is 0 Å². The first-order valence-electron chi connectivity index (χ1n) is 7.82. The van der Waals surface area contributed by atoms with Crippen LogP contribution in [0.2, 0.25) is 0 Å². The maximum Gasteiger partial charge on any atom is 0.267 e. The zero-order valence-corrected chi connectivity index (χ0v) is 15.6. The van der Waals surface area contributed by atoms with Gasteiger partial charge in [-0.3, -0.25) is 4.79 Å². The molecule has 2 aromatic heterocycles. The van der Waals surface area contributed by atoms with E-state index >= 15 is 0 Å². The molecular formula is C18H16BrN3OS. The van der Waals surface area contributed by atoms with Crippen LogP contribution >= 0.6 is 27.3 Å². The summed E-state index contributed by atoms with van der Waals surface area (Å²) in [5.41, 5.74) is 11.0. The quantitative estimate of drug-likeness (QED) is 0.654. The number of rotatable bonds is 2. The monoisotopic (exact) mass is 401 g/mol. The fourth-order valence-electron chi connectivity index (χ4n) is 3.09. The fraction of sp³-hybridized carbons (Fsp3) is 0.222. The molecule has 0 spiro atoms. The number of nitrogens with one attached hydrogen (secondary N) is 1. The number of nitrogens with two attached hydrogens (primary N) is 1. The maximum atomic E-state index is 12.7. The summed E-state index contributed by atoms with van der Waals surface area (Å²) in [4.78, 5) is 18.8. The molecule has 1 amide bonds. The summed E-state index contributed by atoms with van der Waals surface area (Å²) in [7, 11) is 0. The lowest BCUT2D eigenvalue weighted by molar-refractivity contribution is 0.103. The highest BCUT2D eigenvalue weighted by molar-refractivity contribution is 9.10. The molecule has 4 rings (SSSR count). The molecule has 3 aromatic rings. The van der Waals surface area contributed by atoms with E-state index in [2.05, 4.69) is 27.3 Å². The van der Waals surface area contributed by atoms with Crippen LogP contribution in [0.25, 0.3) is 10.2 Å². The third-order valence-corrected chi connectivity index (χ3v) is 6.44. The van der Waals surface area contributed by atoms with E-state index in [1.807, 2.05) is 25.1 Å². The maximum absolute atomic E-state index is 12.7. The molecule has 0 unspecified atom stereocenters. The SMILES string of the molecule is Cc1c(Br)cccc1NC(=O)c1sc2nc3c(cc2c1N)CCC3. The number of hydrogen-bond acceptors (Lipinski definition) is 4. The summed E-state index contributed by atoms with van der Waals surface area (Å²) < 4.78 is 0.961. The third kappa shape index (κ3) is 2.50. The lowest BCUT2D eigenvalue weighted by Gasteiger charge is -2.09. The predicted molar refractivity (Wildman–Crippen MR) is 103 cm³/mol. The second-order valence-corrected chi connectivity index (χ2v) is 7.87. The number of carbonyl (C=O) groups is 1. The van der Waals surface area contributed by atoms with Gasteiger partial charge in [-0.1, -0.05) is 22.0 Å². The first-order valence-corrected chi connectivity index (χ1v) is 9.43. The number of thiophene rings is 1. The van der Waals surface area contributed by atoms with E-state index in [1.54, 1.807) is 0 Å². The van der Waals surface area contributed by atoms with Crippen LogP contribution in [0, 0.1) is 6.92 Å². The molecule has 0 radical (unpaired) electrons. The number of aromatic nitrogens is 1. The van der Waals surface area contributed by atoms with Crippen molar-refractivity contribution < 1.29 is 4.79 Å². The van der Waals surface area contributed by atoms with Gasteiger partial charge in [0.05, 0.1) is 5.69 Å². The van der Waals surface area contributed by atoms with E-state index in [0.29, 0.717) is 10.6 Å². The number of anilines is 2. The number of fused-ring (bicyclic) bond motifs is 2. The van der Waals surface area contributed by atoms with Crippen LogP contribution in [0.15, 0.2) is 28.7 Å². The van der Waals surface area contributed by atoms with Crippen LogP contribution in [-0.2, 0) is 12.8 Å². The van der Waals surface area contributed by atoms with Crippen molar-refractivity contribution >= 4 is 54.8 Å². The zero-order chi connectivity index (χ0) is 16.8. The van der Waals surface area contributed by atoms with Gasteiger partial charge in [-0.2, -0.15) is 0 Å². The average molecular weight is 402 g/mol. The van der Waals surface area contributed by atoms with Crippen molar-refractivity contribution in [2.24, 2.45) is 0 Å². The fourth-order valence-corrected chi connectivity index (χ4v) is 4.45. The van der Waals surface area contributed by atoms with E-state index in [-0.39, 0.29) is 5.91 Å². The molecule has 0 saturated carbocycles. The molecule has 3 N–H and O–H groups in total. The molecule has 0 fully saturated rings. The minimum atomic E-state index is -0.183. The summed E-state index contributed by atoms with van der Waals surface area (Å²) in [6.07, 6.45) is 3.21. The smallest absolute Gasteiger partial charge is 0.267 e. The number of hydrogen-bond donors (Lipinski definition) is 2. The molecule has 122 valence electrons. The molecule has 0 atom stereocenters. The number of nitrogens with zero attached hydrogens (tertiary/aromatic N) is 1. The van der Waals surface area contributed by atoms with Crippen LogP contribution in [0.1, 0.15) is 32.9 Å². The molecule has 1 aromatic carbocycles. The number of halogens is 1. The van der Waals surface area contributed by atoms with Gasteiger partial charge in [-0.05, 0) is 55.5 Å². The van der Waals surface area contributed by atoms with Crippen LogP contribution in [0.5, 0.6) is 0 Å².